The van der Waals surface area contributed by atoms with E-state index in [1.165, 1.54) is 38.5 Å². The smallest absolute Gasteiger partial charge is 0.224 e. The van der Waals surface area contributed by atoms with Gasteiger partial charge in [0.15, 0.2) is 5.82 Å². The van der Waals surface area contributed by atoms with Crippen molar-refractivity contribution >= 4 is 17.4 Å². The van der Waals surface area contributed by atoms with Crippen molar-refractivity contribution in [1.29, 1.82) is 0 Å². The van der Waals surface area contributed by atoms with Crippen LogP contribution in [-0.2, 0) is 6.61 Å². The highest BCUT2D eigenvalue weighted by Crippen LogP contribution is 2.46. The second-order valence-electron chi connectivity index (χ2n) is 7.97. The summed E-state index contributed by atoms with van der Waals surface area (Å²) in [6.45, 7) is 3.74. The maximum absolute atomic E-state index is 9.99. The third-order valence-corrected chi connectivity index (χ3v) is 6.54. The molecule has 3 heterocycles. The number of halogens is 1. The Morgan fingerprint density at radius 3 is 2.46 bits per heavy atom. The number of anilines is 1. The largest absolute Gasteiger partial charge is 0.480 e. The number of pyridine rings is 1. The zero-order valence-electron chi connectivity index (χ0n) is 16.5. The molecule has 1 spiro atoms. The molecule has 1 saturated carbocycles. The predicted molar refractivity (Wildman–Crippen MR) is 110 cm³/mol. The minimum absolute atomic E-state index is 0.152. The van der Waals surface area contributed by atoms with Crippen LogP contribution in [0.4, 0.5) is 5.82 Å². The van der Waals surface area contributed by atoms with Crippen LogP contribution in [0.25, 0.3) is 11.3 Å². The molecule has 2 aromatic heterocycles. The number of rotatable bonds is 4. The summed E-state index contributed by atoms with van der Waals surface area (Å²) in [5.41, 5.74) is 3.32. The number of aliphatic hydroxyl groups is 1. The molecule has 0 aromatic carbocycles. The van der Waals surface area contributed by atoms with E-state index < -0.39 is 0 Å². The Kier molecular flexibility index (Phi) is 5.43. The molecule has 1 N–H and O–H groups in total. The van der Waals surface area contributed by atoms with Gasteiger partial charge in [0, 0.05) is 13.1 Å². The van der Waals surface area contributed by atoms with Crippen molar-refractivity contribution in [3.05, 3.63) is 28.7 Å². The fraction of sp³-hybridized carbons (Fsp3) is 0.571. The van der Waals surface area contributed by atoms with Crippen molar-refractivity contribution in [3.8, 4) is 17.1 Å². The lowest BCUT2D eigenvalue weighted by Crippen LogP contribution is -2.40. The minimum atomic E-state index is -0.152. The molecule has 150 valence electrons. The van der Waals surface area contributed by atoms with Crippen molar-refractivity contribution in [2.75, 3.05) is 25.1 Å². The van der Waals surface area contributed by atoms with E-state index in [0.717, 1.165) is 30.2 Å². The molecule has 1 aliphatic carbocycles. The average molecular weight is 403 g/mol. The van der Waals surface area contributed by atoms with Crippen LogP contribution in [0.5, 0.6) is 5.88 Å². The van der Waals surface area contributed by atoms with Gasteiger partial charge in [-0.3, -0.25) is 0 Å². The van der Waals surface area contributed by atoms with Crippen LogP contribution >= 0.6 is 11.6 Å². The number of nitrogens with zero attached hydrogens (tertiary/aromatic N) is 4. The number of hydrogen-bond acceptors (Lipinski definition) is 6. The lowest BCUT2D eigenvalue weighted by Gasteiger charge is -2.40. The molecule has 2 fully saturated rings. The number of aromatic nitrogens is 3. The zero-order valence-corrected chi connectivity index (χ0v) is 17.3. The summed E-state index contributed by atoms with van der Waals surface area (Å²) in [4.78, 5) is 16.1. The molecular formula is C21H27ClN4O2. The summed E-state index contributed by atoms with van der Waals surface area (Å²) in [6, 6.07) is 3.54. The molecular weight excluding hydrogens is 376 g/mol. The SMILES string of the molecule is COc1nc(Cl)ccc1-c1nc(CO)c(N2CCC3(CCCC3)CC2)nc1C. The van der Waals surface area contributed by atoms with Crippen LogP contribution in [0.1, 0.15) is 49.9 Å². The van der Waals surface area contributed by atoms with Gasteiger partial charge in [-0.1, -0.05) is 24.4 Å². The number of aryl methyl sites for hydroxylation is 1. The predicted octanol–water partition coefficient (Wildman–Crippen LogP) is 4.16. The average Bonchev–Trinajstić information content (AvgIpc) is 3.16. The summed E-state index contributed by atoms with van der Waals surface area (Å²) in [7, 11) is 1.55. The number of methoxy groups -OCH3 is 1. The highest BCUT2D eigenvalue weighted by atomic mass is 35.5. The monoisotopic (exact) mass is 402 g/mol. The van der Waals surface area contributed by atoms with Crippen molar-refractivity contribution in [1.82, 2.24) is 15.0 Å². The number of piperidine rings is 1. The van der Waals surface area contributed by atoms with E-state index in [9.17, 15) is 5.11 Å². The molecule has 4 rings (SSSR count). The van der Waals surface area contributed by atoms with E-state index in [0.29, 0.717) is 27.8 Å². The van der Waals surface area contributed by atoms with E-state index in [2.05, 4.69) is 9.88 Å². The van der Waals surface area contributed by atoms with Crippen molar-refractivity contribution in [2.24, 2.45) is 5.41 Å². The molecule has 1 aliphatic heterocycles. The third kappa shape index (κ3) is 3.55. The highest BCUT2D eigenvalue weighted by molar-refractivity contribution is 6.29. The fourth-order valence-electron chi connectivity index (χ4n) is 4.73. The molecule has 2 aromatic rings. The second-order valence-corrected chi connectivity index (χ2v) is 8.36. The molecule has 0 bridgehead atoms. The molecule has 6 nitrogen and oxygen atoms in total. The lowest BCUT2D eigenvalue weighted by atomic mass is 9.77. The summed E-state index contributed by atoms with van der Waals surface area (Å²) in [6.07, 6.45) is 7.87. The van der Waals surface area contributed by atoms with Gasteiger partial charge in [-0.15, -0.1) is 0 Å². The highest BCUT2D eigenvalue weighted by Gasteiger charge is 2.37. The Balaban J connectivity index is 1.65. The van der Waals surface area contributed by atoms with Gasteiger partial charge in [0.2, 0.25) is 5.88 Å². The minimum Gasteiger partial charge on any atom is -0.480 e. The Morgan fingerprint density at radius 1 is 1.11 bits per heavy atom. The van der Waals surface area contributed by atoms with Crippen LogP contribution in [0.3, 0.4) is 0 Å². The Morgan fingerprint density at radius 2 is 1.82 bits per heavy atom. The first kappa shape index (κ1) is 19.4. The van der Waals surface area contributed by atoms with E-state index in [-0.39, 0.29) is 6.61 Å². The van der Waals surface area contributed by atoms with Crippen LogP contribution in [-0.4, -0.2) is 40.3 Å². The first-order valence-electron chi connectivity index (χ1n) is 9.99. The number of aliphatic hydroxyl groups excluding tert-OH is 1. The van der Waals surface area contributed by atoms with Gasteiger partial charge >= 0.3 is 0 Å². The van der Waals surface area contributed by atoms with Gasteiger partial charge in [0.1, 0.15) is 10.8 Å². The quantitative estimate of drug-likeness (QED) is 0.774. The van der Waals surface area contributed by atoms with E-state index in [1.807, 2.05) is 13.0 Å². The molecule has 0 radical (unpaired) electrons. The maximum Gasteiger partial charge on any atom is 0.224 e. The van der Waals surface area contributed by atoms with Gasteiger partial charge in [0.25, 0.3) is 0 Å². The zero-order chi connectivity index (χ0) is 19.7. The Labute approximate surface area is 170 Å². The van der Waals surface area contributed by atoms with Crippen molar-refractivity contribution < 1.29 is 9.84 Å². The molecule has 28 heavy (non-hydrogen) atoms. The summed E-state index contributed by atoms with van der Waals surface area (Å²) in [5, 5.41) is 10.4. The fourth-order valence-corrected chi connectivity index (χ4v) is 4.87. The van der Waals surface area contributed by atoms with Crippen LogP contribution in [0.2, 0.25) is 5.15 Å². The third-order valence-electron chi connectivity index (χ3n) is 6.33. The molecule has 7 heteroatoms. The summed E-state index contributed by atoms with van der Waals surface area (Å²) in [5.74, 6) is 1.21. The van der Waals surface area contributed by atoms with Crippen LogP contribution in [0, 0.1) is 12.3 Å². The number of hydrogen-bond donors (Lipinski definition) is 1. The molecule has 0 amide bonds. The molecule has 2 aliphatic rings. The Hall–Kier alpha value is -1.92. The van der Waals surface area contributed by atoms with Gasteiger partial charge in [-0.2, -0.15) is 0 Å². The standard InChI is InChI=1S/C21H27ClN4O2/c1-14-18(15-5-6-17(22)25-20(15)28-2)24-16(13-27)19(23-14)26-11-9-21(10-12-26)7-3-4-8-21/h5-6,27H,3-4,7-13H2,1-2H3. The summed E-state index contributed by atoms with van der Waals surface area (Å²) >= 11 is 5.99. The number of ether oxygens (including phenoxy) is 1. The van der Waals surface area contributed by atoms with Gasteiger partial charge in [-0.05, 0) is 50.2 Å². The van der Waals surface area contributed by atoms with E-state index in [4.69, 9.17) is 26.3 Å². The Bertz CT molecular complexity index is 858. The normalized spacial score (nSPS) is 18.6. The van der Waals surface area contributed by atoms with Crippen LogP contribution < -0.4 is 9.64 Å². The first-order chi connectivity index (χ1) is 13.5. The van der Waals surface area contributed by atoms with Gasteiger partial charge in [0.05, 0.1) is 30.7 Å². The van der Waals surface area contributed by atoms with Crippen molar-refractivity contribution in [2.45, 2.75) is 52.1 Å². The first-order valence-corrected chi connectivity index (χ1v) is 10.4. The molecule has 0 atom stereocenters. The maximum atomic E-state index is 9.99. The second kappa shape index (κ2) is 7.84. The van der Waals surface area contributed by atoms with Crippen molar-refractivity contribution in [3.63, 3.8) is 0 Å². The lowest BCUT2D eigenvalue weighted by molar-refractivity contribution is 0.225. The van der Waals surface area contributed by atoms with Gasteiger partial charge < -0.3 is 14.7 Å². The molecule has 1 saturated heterocycles. The van der Waals surface area contributed by atoms with Crippen LogP contribution in [0.15, 0.2) is 12.1 Å². The van der Waals surface area contributed by atoms with E-state index in [1.54, 1.807) is 13.2 Å². The molecule has 0 unspecified atom stereocenters. The summed E-state index contributed by atoms with van der Waals surface area (Å²) < 4.78 is 5.37. The topological polar surface area (TPSA) is 71.4 Å². The van der Waals surface area contributed by atoms with Gasteiger partial charge in [-0.25, -0.2) is 15.0 Å². The van der Waals surface area contributed by atoms with E-state index >= 15 is 0 Å².